The van der Waals surface area contributed by atoms with Gasteiger partial charge < -0.3 is 10.2 Å². The molecule has 0 saturated heterocycles. The molecule has 0 radical (unpaired) electrons. The molecule has 26 heavy (non-hydrogen) atoms. The Morgan fingerprint density at radius 1 is 1.23 bits per heavy atom. The lowest BCUT2D eigenvalue weighted by atomic mass is 10.1. The van der Waals surface area contributed by atoms with Crippen molar-refractivity contribution in [3.63, 3.8) is 0 Å². The number of rotatable bonds is 4. The fourth-order valence-electron chi connectivity index (χ4n) is 3.00. The van der Waals surface area contributed by atoms with Crippen LogP contribution in [0.25, 0.3) is 0 Å². The van der Waals surface area contributed by atoms with E-state index in [1.54, 1.807) is 17.2 Å². The molecular weight excluding hydrogens is 328 g/mol. The van der Waals surface area contributed by atoms with Gasteiger partial charge in [-0.25, -0.2) is 4.98 Å². The molecular formula is C20H24N4O2. The van der Waals surface area contributed by atoms with Crippen LogP contribution in [0.4, 0.5) is 5.82 Å². The SMILES string of the molecule is Cc1cc(C(C)N2Cc3c(ccnc3NC(=O)C(C)C)C2=O)cnc1C. The summed E-state index contributed by atoms with van der Waals surface area (Å²) in [6.45, 7) is 10.0. The van der Waals surface area contributed by atoms with Crippen molar-refractivity contribution < 1.29 is 9.59 Å². The number of carbonyl (C=O) groups excluding carboxylic acids is 2. The summed E-state index contributed by atoms with van der Waals surface area (Å²) < 4.78 is 0. The van der Waals surface area contributed by atoms with Crippen LogP contribution in [0.2, 0.25) is 0 Å². The number of hydrogen-bond donors (Lipinski definition) is 1. The first-order chi connectivity index (χ1) is 12.3. The van der Waals surface area contributed by atoms with E-state index in [9.17, 15) is 9.59 Å². The molecule has 0 spiro atoms. The van der Waals surface area contributed by atoms with Crippen molar-refractivity contribution in [2.45, 2.75) is 47.2 Å². The van der Waals surface area contributed by atoms with Crippen LogP contribution < -0.4 is 5.32 Å². The topological polar surface area (TPSA) is 75.2 Å². The zero-order valence-corrected chi connectivity index (χ0v) is 15.8. The minimum absolute atomic E-state index is 0.0480. The normalized spacial score (nSPS) is 14.5. The van der Waals surface area contributed by atoms with E-state index in [4.69, 9.17) is 0 Å². The monoisotopic (exact) mass is 352 g/mol. The number of aryl methyl sites for hydroxylation is 2. The van der Waals surface area contributed by atoms with E-state index in [1.807, 2.05) is 40.8 Å². The highest BCUT2D eigenvalue weighted by Gasteiger charge is 2.34. The Morgan fingerprint density at radius 2 is 1.96 bits per heavy atom. The second-order valence-electron chi connectivity index (χ2n) is 7.11. The molecule has 0 aromatic carbocycles. The molecule has 136 valence electrons. The molecule has 3 heterocycles. The van der Waals surface area contributed by atoms with Crippen LogP contribution in [0.1, 0.15) is 59.6 Å². The van der Waals surface area contributed by atoms with Gasteiger partial charge in [0.05, 0.1) is 12.6 Å². The quantitative estimate of drug-likeness (QED) is 0.915. The Morgan fingerprint density at radius 3 is 2.62 bits per heavy atom. The number of amides is 2. The van der Waals surface area contributed by atoms with Crippen molar-refractivity contribution in [2.24, 2.45) is 5.92 Å². The minimum atomic E-state index is -0.151. The fraction of sp³-hybridized carbons (Fsp3) is 0.400. The standard InChI is InChI=1S/C20H24N4O2/c1-11(2)19(25)23-18-17-10-24(20(26)16(17)6-7-21-18)14(5)15-8-12(3)13(4)22-9-15/h6-9,11,14H,10H2,1-5H3,(H,21,23,25). The lowest BCUT2D eigenvalue weighted by Crippen LogP contribution is -2.27. The fourth-order valence-corrected chi connectivity index (χ4v) is 3.00. The number of fused-ring (bicyclic) bond motifs is 1. The number of carbonyl (C=O) groups is 2. The molecule has 0 saturated carbocycles. The highest BCUT2D eigenvalue weighted by atomic mass is 16.2. The summed E-state index contributed by atoms with van der Waals surface area (Å²) in [4.78, 5) is 35.4. The number of pyridine rings is 2. The smallest absolute Gasteiger partial charge is 0.255 e. The number of aromatic nitrogens is 2. The summed E-state index contributed by atoms with van der Waals surface area (Å²) in [6.07, 6.45) is 3.39. The summed E-state index contributed by atoms with van der Waals surface area (Å²) in [6, 6.07) is 3.67. The summed E-state index contributed by atoms with van der Waals surface area (Å²) in [7, 11) is 0. The van der Waals surface area contributed by atoms with Gasteiger partial charge in [-0.2, -0.15) is 0 Å². The number of anilines is 1. The van der Waals surface area contributed by atoms with E-state index in [1.165, 1.54) is 0 Å². The molecule has 3 rings (SSSR count). The van der Waals surface area contributed by atoms with E-state index >= 15 is 0 Å². The summed E-state index contributed by atoms with van der Waals surface area (Å²) >= 11 is 0. The Kier molecular flexibility index (Phi) is 4.76. The highest BCUT2D eigenvalue weighted by molar-refractivity contribution is 6.01. The maximum Gasteiger partial charge on any atom is 0.255 e. The molecule has 6 nitrogen and oxygen atoms in total. The van der Waals surface area contributed by atoms with E-state index in [2.05, 4.69) is 21.4 Å². The van der Waals surface area contributed by atoms with Gasteiger partial charge in [-0.1, -0.05) is 19.9 Å². The third-order valence-corrected chi connectivity index (χ3v) is 4.95. The second kappa shape index (κ2) is 6.86. The van der Waals surface area contributed by atoms with Crippen molar-refractivity contribution in [3.8, 4) is 0 Å². The van der Waals surface area contributed by atoms with Crippen molar-refractivity contribution in [2.75, 3.05) is 5.32 Å². The average molecular weight is 352 g/mol. The van der Waals surface area contributed by atoms with Gasteiger partial charge in [0.15, 0.2) is 0 Å². The van der Waals surface area contributed by atoms with Crippen LogP contribution >= 0.6 is 0 Å². The van der Waals surface area contributed by atoms with Gasteiger partial charge in [-0.3, -0.25) is 14.6 Å². The Balaban J connectivity index is 1.89. The zero-order valence-electron chi connectivity index (χ0n) is 15.8. The molecule has 2 aromatic heterocycles. The number of nitrogens with one attached hydrogen (secondary N) is 1. The van der Waals surface area contributed by atoms with Gasteiger partial charge in [0, 0.05) is 35.1 Å². The number of nitrogens with zero attached hydrogens (tertiary/aromatic N) is 3. The molecule has 1 aliphatic heterocycles. The molecule has 0 aliphatic carbocycles. The molecule has 1 atom stereocenters. The van der Waals surface area contributed by atoms with E-state index in [0.29, 0.717) is 17.9 Å². The average Bonchev–Trinajstić information content (AvgIpc) is 2.94. The van der Waals surface area contributed by atoms with Crippen LogP contribution in [0.5, 0.6) is 0 Å². The van der Waals surface area contributed by atoms with Gasteiger partial charge in [0.1, 0.15) is 5.82 Å². The van der Waals surface area contributed by atoms with Crippen LogP contribution in [-0.2, 0) is 11.3 Å². The minimum Gasteiger partial charge on any atom is -0.327 e. The van der Waals surface area contributed by atoms with E-state index < -0.39 is 0 Å². The molecule has 1 N–H and O–H groups in total. The van der Waals surface area contributed by atoms with Gasteiger partial charge in [-0.05, 0) is 38.0 Å². The number of hydrogen-bond acceptors (Lipinski definition) is 4. The van der Waals surface area contributed by atoms with Crippen molar-refractivity contribution >= 4 is 17.6 Å². The van der Waals surface area contributed by atoms with Crippen molar-refractivity contribution in [1.29, 1.82) is 0 Å². The van der Waals surface area contributed by atoms with E-state index in [0.717, 1.165) is 22.4 Å². The predicted molar refractivity (Wildman–Crippen MR) is 99.7 cm³/mol. The lowest BCUT2D eigenvalue weighted by Gasteiger charge is -2.25. The predicted octanol–water partition coefficient (Wildman–Crippen LogP) is 3.40. The maximum absolute atomic E-state index is 12.9. The molecule has 0 fully saturated rings. The maximum atomic E-state index is 12.9. The highest BCUT2D eigenvalue weighted by Crippen LogP contribution is 2.34. The van der Waals surface area contributed by atoms with Crippen LogP contribution in [0.15, 0.2) is 24.5 Å². The van der Waals surface area contributed by atoms with Crippen LogP contribution in [-0.4, -0.2) is 26.7 Å². The largest absolute Gasteiger partial charge is 0.327 e. The Hall–Kier alpha value is -2.76. The summed E-state index contributed by atoms with van der Waals surface area (Å²) in [5.74, 6) is 0.167. The molecule has 2 aromatic rings. The molecule has 0 bridgehead atoms. The van der Waals surface area contributed by atoms with Crippen molar-refractivity contribution in [3.05, 3.63) is 52.5 Å². The lowest BCUT2D eigenvalue weighted by molar-refractivity contribution is -0.118. The van der Waals surface area contributed by atoms with Gasteiger partial charge in [0.2, 0.25) is 5.91 Å². The van der Waals surface area contributed by atoms with Gasteiger partial charge in [-0.15, -0.1) is 0 Å². The molecule has 2 amide bonds. The van der Waals surface area contributed by atoms with Crippen molar-refractivity contribution in [1.82, 2.24) is 14.9 Å². The Bertz CT molecular complexity index is 876. The zero-order chi connectivity index (χ0) is 19.0. The molecule has 1 aliphatic rings. The molecule has 1 unspecified atom stereocenters. The first-order valence-corrected chi connectivity index (χ1v) is 8.82. The van der Waals surface area contributed by atoms with Gasteiger partial charge in [0.25, 0.3) is 5.91 Å². The Labute approximate surface area is 153 Å². The van der Waals surface area contributed by atoms with Gasteiger partial charge >= 0.3 is 0 Å². The third kappa shape index (κ3) is 3.19. The summed E-state index contributed by atoms with van der Waals surface area (Å²) in [5.41, 5.74) is 4.46. The first-order valence-electron chi connectivity index (χ1n) is 8.82. The van der Waals surface area contributed by atoms with Crippen LogP contribution in [0, 0.1) is 19.8 Å². The summed E-state index contributed by atoms with van der Waals surface area (Å²) in [5, 5.41) is 2.84. The third-order valence-electron chi connectivity index (χ3n) is 4.95. The van der Waals surface area contributed by atoms with E-state index in [-0.39, 0.29) is 23.8 Å². The first kappa shape index (κ1) is 18.0. The van der Waals surface area contributed by atoms with Crippen LogP contribution in [0.3, 0.4) is 0 Å². The molecule has 6 heteroatoms. The second-order valence-corrected chi connectivity index (χ2v) is 7.11.